The lowest BCUT2D eigenvalue weighted by Gasteiger charge is -2.03. The summed E-state index contributed by atoms with van der Waals surface area (Å²) in [5, 5.41) is 3.55. The number of aromatic nitrogens is 1. The van der Waals surface area contributed by atoms with Crippen LogP contribution in [0.3, 0.4) is 0 Å². The predicted molar refractivity (Wildman–Crippen MR) is 70.9 cm³/mol. The highest BCUT2D eigenvalue weighted by Gasteiger charge is 2.39. The van der Waals surface area contributed by atoms with E-state index in [1.54, 1.807) is 12.3 Å². The Hall–Kier alpha value is -1.74. The minimum absolute atomic E-state index is 0.0923. The molecule has 1 aliphatic carbocycles. The summed E-state index contributed by atoms with van der Waals surface area (Å²) in [6.07, 6.45) is 2.61. The minimum atomic E-state index is -0.0923. The largest absolute Gasteiger partial charge is 0.356 e. The van der Waals surface area contributed by atoms with Crippen LogP contribution in [0.2, 0.25) is 5.02 Å². The van der Waals surface area contributed by atoms with Gasteiger partial charge in [-0.3, -0.25) is 4.79 Å². The zero-order valence-electron chi connectivity index (χ0n) is 9.69. The van der Waals surface area contributed by atoms with E-state index < -0.39 is 0 Å². The van der Waals surface area contributed by atoms with Gasteiger partial charge in [-0.1, -0.05) is 41.9 Å². The molecule has 0 radical (unpaired) electrons. The summed E-state index contributed by atoms with van der Waals surface area (Å²) in [5.74, 6) is 0.353. The zero-order valence-corrected chi connectivity index (χ0v) is 10.4. The molecule has 0 spiro atoms. The third-order valence-electron chi connectivity index (χ3n) is 3.23. The number of rotatable bonds is 3. The fourth-order valence-corrected chi connectivity index (χ4v) is 2.33. The van der Waals surface area contributed by atoms with Gasteiger partial charge in [0.1, 0.15) is 5.69 Å². The molecule has 0 saturated heterocycles. The molecule has 92 valence electrons. The Morgan fingerprint density at radius 2 is 2.11 bits per heavy atom. The second-order valence-electron chi connectivity index (χ2n) is 4.56. The van der Waals surface area contributed by atoms with E-state index in [2.05, 4.69) is 22.4 Å². The van der Waals surface area contributed by atoms with Gasteiger partial charge in [0.15, 0.2) is 0 Å². The quantitative estimate of drug-likeness (QED) is 0.876. The lowest BCUT2D eigenvalue weighted by Crippen LogP contribution is -2.26. The number of carbonyl (C=O) groups excluding carboxylic acids is 1. The van der Waals surface area contributed by atoms with Crippen LogP contribution in [0.4, 0.5) is 0 Å². The summed E-state index contributed by atoms with van der Waals surface area (Å²) in [7, 11) is 0. The van der Waals surface area contributed by atoms with Crippen molar-refractivity contribution < 1.29 is 4.79 Å². The fourth-order valence-electron chi connectivity index (χ4n) is 2.17. The van der Waals surface area contributed by atoms with Crippen LogP contribution in [-0.2, 0) is 0 Å². The summed E-state index contributed by atoms with van der Waals surface area (Å²) in [6, 6.07) is 12.1. The van der Waals surface area contributed by atoms with Crippen molar-refractivity contribution in [1.82, 2.24) is 10.3 Å². The predicted octanol–water partition coefficient (Wildman–Crippen LogP) is 2.95. The van der Waals surface area contributed by atoms with Crippen molar-refractivity contribution in [1.29, 1.82) is 0 Å². The molecule has 2 N–H and O–H groups in total. The highest BCUT2D eigenvalue weighted by atomic mass is 35.5. The number of aromatic amines is 1. The number of carbonyl (C=O) groups is 1. The SMILES string of the molecule is O=C(N[C@H]1C[C@H]1c1ccccc1)c1cc(Cl)c[nH]1. The van der Waals surface area contributed by atoms with E-state index in [0.29, 0.717) is 16.6 Å². The molecule has 1 heterocycles. The molecule has 1 saturated carbocycles. The van der Waals surface area contributed by atoms with Crippen molar-refractivity contribution in [2.75, 3.05) is 0 Å². The maximum absolute atomic E-state index is 11.9. The molecular weight excluding hydrogens is 248 g/mol. The molecule has 0 unspecified atom stereocenters. The lowest BCUT2D eigenvalue weighted by molar-refractivity contribution is 0.0946. The Balaban J connectivity index is 1.62. The molecule has 0 bridgehead atoms. The smallest absolute Gasteiger partial charge is 0.267 e. The number of amides is 1. The topological polar surface area (TPSA) is 44.9 Å². The number of hydrogen-bond acceptors (Lipinski definition) is 1. The number of halogens is 1. The standard InChI is InChI=1S/C14H13ClN2O/c15-10-6-13(16-8-10)14(18)17-12-7-11(12)9-4-2-1-3-5-9/h1-6,8,11-12,16H,7H2,(H,17,18)/t11-,12-/m0/s1. The summed E-state index contributed by atoms with van der Waals surface area (Å²) in [6.45, 7) is 0. The van der Waals surface area contributed by atoms with Crippen LogP contribution < -0.4 is 5.32 Å². The zero-order chi connectivity index (χ0) is 12.5. The van der Waals surface area contributed by atoms with E-state index >= 15 is 0 Å². The van der Waals surface area contributed by atoms with E-state index in [1.807, 2.05) is 18.2 Å². The molecule has 2 atom stereocenters. The van der Waals surface area contributed by atoms with E-state index in [-0.39, 0.29) is 11.9 Å². The van der Waals surface area contributed by atoms with Crippen molar-refractivity contribution in [3.63, 3.8) is 0 Å². The summed E-state index contributed by atoms with van der Waals surface area (Å²) >= 11 is 5.77. The Morgan fingerprint density at radius 3 is 2.78 bits per heavy atom. The highest BCUT2D eigenvalue weighted by molar-refractivity contribution is 6.30. The van der Waals surface area contributed by atoms with Gasteiger partial charge in [0, 0.05) is 18.2 Å². The first-order chi connectivity index (χ1) is 8.74. The number of hydrogen-bond donors (Lipinski definition) is 2. The van der Waals surface area contributed by atoms with Gasteiger partial charge in [0.2, 0.25) is 0 Å². The van der Waals surface area contributed by atoms with Crippen LogP contribution in [0.1, 0.15) is 28.4 Å². The van der Waals surface area contributed by atoms with Gasteiger partial charge in [0.05, 0.1) is 5.02 Å². The van der Waals surface area contributed by atoms with Gasteiger partial charge in [0.25, 0.3) is 5.91 Å². The van der Waals surface area contributed by atoms with Gasteiger partial charge >= 0.3 is 0 Å². The van der Waals surface area contributed by atoms with Crippen molar-refractivity contribution in [3.05, 3.63) is 58.9 Å². The van der Waals surface area contributed by atoms with Crippen LogP contribution in [0.25, 0.3) is 0 Å². The molecule has 4 heteroatoms. The van der Waals surface area contributed by atoms with Gasteiger partial charge in [-0.2, -0.15) is 0 Å². The molecule has 18 heavy (non-hydrogen) atoms. The minimum Gasteiger partial charge on any atom is -0.356 e. The second kappa shape index (κ2) is 4.50. The fraction of sp³-hybridized carbons (Fsp3) is 0.214. The van der Waals surface area contributed by atoms with Gasteiger partial charge in [-0.15, -0.1) is 0 Å². The van der Waals surface area contributed by atoms with E-state index in [1.165, 1.54) is 5.56 Å². The average molecular weight is 261 g/mol. The van der Waals surface area contributed by atoms with Gasteiger partial charge in [-0.25, -0.2) is 0 Å². The molecule has 1 amide bonds. The van der Waals surface area contributed by atoms with Crippen molar-refractivity contribution >= 4 is 17.5 Å². The number of nitrogens with one attached hydrogen (secondary N) is 2. The van der Waals surface area contributed by atoms with Crippen LogP contribution in [-0.4, -0.2) is 16.9 Å². The van der Waals surface area contributed by atoms with Crippen LogP contribution in [0.5, 0.6) is 0 Å². The third kappa shape index (κ3) is 2.27. The third-order valence-corrected chi connectivity index (χ3v) is 3.45. The Bertz CT molecular complexity index is 564. The van der Waals surface area contributed by atoms with E-state index in [9.17, 15) is 4.79 Å². The first kappa shape index (κ1) is 11.4. The Kier molecular flexibility index (Phi) is 2.84. The molecule has 0 aliphatic heterocycles. The Morgan fingerprint density at radius 1 is 1.33 bits per heavy atom. The maximum Gasteiger partial charge on any atom is 0.267 e. The summed E-state index contributed by atoms with van der Waals surface area (Å²) < 4.78 is 0. The normalized spacial score (nSPS) is 21.6. The molecule has 1 aromatic heterocycles. The van der Waals surface area contributed by atoms with Crippen LogP contribution in [0.15, 0.2) is 42.6 Å². The monoisotopic (exact) mass is 260 g/mol. The first-order valence-corrected chi connectivity index (χ1v) is 6.31. The summed E-state index contributed by atoms with van der Waals surface area (Å²) in [4.78, 5) is 14.7. The molecule has 1 aliphatic rings. The lowest BCUT2D eigenvalue weighted by atomic mass is 10.1. The van der Waals surface area contributed by atoms with Crippen LogP contribution >= 0.6 is 11.6 Å². The Labute approximate surface area is 110 Å². The van der Waals surface area contributed by atoms with Gasteiger partial charge < -0.3 is 10.3 Å². The highest BCUT2D eigenvalue weighted by Crippen LogP contribution is 2.40. The van der Waals surface area contributed by atoms with Gasteiger partial charge in [-0.05, 0) is 18.1 Å². The molecule has 1 fully saturated rings. The van der Waals surface area contributed by atoms with Crippen molar-refractivity contribution in [3.8, 4) is 0 Å². The number of H-pyrrole nitrogens is 1. The van der Waals surface area contributed by atoms with E-state index in [4.69, 9.17) is 11.6 Å². The molecule has 3 nitrogen and oxygen atoms in total. The average Bonchev–Trinajstić information content (AvgIpc) is 3.01. The number of benzene rings is 1. The first-order valence-electron chi connectivity index (χ1n) is 5.94. The molecule has 1 aromatic carbocycles. The molecule has 2 aromatic rings. The second-order valence-corrected chi connectivity index (χ2v) is 5.00. The summed E-state index contributed by atoms with van der Waals surface area (Å²) in [5.41, 5.74) is 1.80. The molecule has 3 rings (SSSR count). The maximum atomic E-state index is 11.9. The van der Waals surface area contributed by atoms with Crippen molar-refractivity contribution in [2.24, 2.45) is 0 Å². The van der Waals surface area contributed by atoms with E-state index in [0.717, 1.165) is 6.42 Å². The molecular formula is C14H13ClN2O. The van der Waals surface area contributed by atoms with Crippen LogP contribution in [0, 0.1) is 0 Å². The van der Waals surface area contributed by atoms with Crippen molar-refractivity contribution in [2.45, 2.75) is 18.4 Å².